The van der Waals surface area contributed by atoms with Gasteiger partial charge in [0.05, 0.1) is 39.1 Å². The van der Waals surface area contributed by atoms with Gasteiger partial charge in [0.2, 0.25) is 0 Å². The van der Waals surface area contributed by atoms with Gasteiger partial charge in [0, 0.05) is 83.6 Å². The lowest BCUT2D eigenvalue weighted by Crippen LogP contribution is -2.61. The second kappa shape index (κ2) is 20.4. The number of para-hydroxylation sites is 6. The predicted molar refractivity (Wildman–Crippen MR) is 372 cm³/mol. The first-order valence-corrected chi connectivity index (χ1v) is 30.5. The molecule has 0 N–H and O–H groups in total. The maximum Gasteiger partial charge on any atom is 0.252 e. The van der Waals surface area contributed by atoms with E-state index in [1.165, 1.54) is 66.2 Å². The van der Waals surface area contributed by atoms with Crippen LogP contribution in [0.25, 0.3) is 111 Å². The zero-order chi connectivity index (χ0) is 58.5. The predicted octanol–water partition coefficient (Wildman–Crippen LogP) is 19.1. The number of benzene rings is 13. The molecule has 6 nitrogen and oxygen atoms in total. The van der Waals surface area contributed by atoms with Gasteiger partial charge in [0.1, 0.15) is 0 Å². The van der Waals surface area contributed by atoms with E-state index in [0.717, 1.165) is 89.6 Å². The molecule has 7 heteroatoms. The van der Waals surface area contributed by atoms with Gasteiger partial charge in [-0.2, -0.15) is 0 Å². The molecule has 2 aliphatic rings. The highest BCUT2D eigenvalue weighted by molar-refractivity contribution is 7.00. The molecular formula is C82H53BN6. The third kappa shape index (κ3) is 8.13. The van der Waals surface area contributed by atoms with Crippen LogP contribution in [0.3, 0.4) is 0 Å². The molecular weight excluding hydrogens is 1080 g/mol. The van der Waals surface area contributed by atoms with Crippen LogP contribution in [0.15, 0.2) is 322 Å². The normalized spacial score (nSPS) is 12.4. The molecule has 16 aromatic rings. The largest absolute Gasteiger partial charge is 0.311 e. The van der Waals surface area contributed by atoms with Gasteiger partial charge in [-0.1, -0.05) is 212 Å². The standard InChI is InChI=1S/C82H53BN6/c1-5-22-57(23-6-1)70-52-71(58-24-7-2-8-25-58)85-82(84-70)59-46-49-74(89-73-35-18-14-31-64(73)67-51-66-63-30-13-17-34-72(63)86(79(66)53-80(67)89)60-26-9-3-10-27-60)65(50-59)56-42-40-54(41-43-56)55-44-47-62(48-45-55)88-76-37-20-16-33-69(76)83-68-32-15-19-36-75(68)87(61-28-11-4-12-29-61)77-38-21-39-78(88)81(77)83/h1-53H. The summed E-state index contributed by atoms with van der Waals surface area (Å²) < 4.78 is 4.89. The van der Waals surface area contributed by atoms with Crippen molar-refractivity contribution in [1.82, 2.24) is 19.1 Å². The van der Waals surface area contributed by atoms with E-state index in [2.05, 4.69) is 328 Å². The SMILES string of the molecule is c1ccc(-c2cc(-c3ccccc3)nc(-c3ccc(-n4c5ccccc5c5cc6c7ccccc7n(-c7ccccc7)c6cc54)c(-c4ccc(-c5ccc(N6c7ccccc7B7c8ccccc8N(c8ccccc8)c8cccc6c87)cc5)cc4)c3)n2)cc1. The highest BCUT2D eigenvalue weighted by Crippen LogP contribution is 2.46. The second-order valence-electron chi connectivity index (χ2n) is 23.2. The van der Waals surface area contributed by atoms with Gasteiger partial charge in [-0.05, 0) is 142 Å². The Labute approximate surface area is 515 Å². The van der Waals surface area contributed by atoms with Gasteiger partial charge in [-0.15, -0.1) is 0 Å². The number of nitrogens with zero attached hydrogens (tertiary/aromatic N) is 6. The average Bonchev–Trinajstić information content (AvgIpc) is 1.74. The van der Waals surface area contributed by atoms with Crippen molar-refractivity contribution < 1.29 is 0 Å². The monoisotopic (exact) mass is 1130 g/mol. The first-order chi connectivity index (χ1) is 44.2. The van der Waals surface area contributed by atoms with Gasteiger partial charge >= 0.3 is 0 Å². The summed E-state index contributed by atoms with van der Waals surface area (Å²) in [7, 11) is 0. The van der Waals surface area contributed by atoms with Crippen molar-refractivity contribution in [3.63, 3.8) is 0 Å². The summed E-state index contributed by atoms with van der Waals surface area (Å²) in [6.45, 7) is 0.0843. The first-order valence-electron chi connectivity index (χ1n) is 30.5. The molecule has 0 saturated heterocycles. The van der Waals surface area contributed by atoms with Crippen molar-refractivity contribution in [3.8, 4) is 67.5 Å². The Hall–Kier alpha value is -11.8. The van der Waals surface area contributed by atoms with Crippen LogP contribution in [0.4, 0.5) is 34.1 Å². The van der Waals surface area contributed by atoms with Crippen LogP contribution in [0.5, 0.6) is 0 Å². The van der Waals surface area contributed by atoms with Crippen LogP contribution in [0.1, 0.15) is 0 Å². The first kappa shape index (κ1) is 50.5. The van der Waals surface area contributed by atoms with E-state index in [4.69, 9.17) is 9.97 Å². The maximum atomic E-state index is 5.35. The van der Waals surface area contributed by atoms with Gasteiger partial charge in [-0.25, -0.2) is 9.97 Å². The molecule has 89 heavy (non-hydrogen) atoms. The van der Waals surface area contributed by atoms with Gasteiger partial charge < -0.3 is 18.9 Å². The molecule has 0 atom stereocenters. The third-order valence-corrected chi connectivity index (χ3v) is 18.3. The zero-order valence-electron chi connectivity index (χ0n) is 48.4. The molecule has 0 amide bonds. The molecule has 5 heterocycles. The van der Waals surface area contributed by atoms with E-state index in [9.17, 15) is 0 Å². The van der Waals surface area contributed by atoms with E-state index in [1.54, 1.807) is 0 Å². The third-order valence-electron chi connectivity index (χ3n) is 18.3. The van der Waals surface area contributed by atoms with Crippen molar-refractivity contribution in [2.24, 2.45) is 0 Å². The van der Waals surface area contributed by atoms with Crippen LogP contribution in [-0.2, 0) is 0 Å². The Morgan fingerprint density at radius 2 is 0.685 bits per heavy atom. The van der Waals surface area contributed by atoms with E-state index in [1.807, 2.05) is 12.1 Å². The minimum absolute atomic E-state index is 0.0843. The van der Waals surface area contributed by atoms with Gasteiger partial charge in [-0.3, -0.25) is 0 Å². The van der Waals surface area contributed by atoms with Crippen molar-refractivity contribution in [2.45, 2.75) is 0 Å². The summed E-state index contributed by atoms with van der Waals surface area (Å²) in [5.74, 6) is 0.659. The molecule has 414 valence electrons. The van der Waals surface area contributed by atoms with Crippen molar-refractivity contribution in [2.75, 3.05) is 9.80 Å². The molecule has 0 saturated carbocycles. The van der Waals surface area contributed by atoms with E-state index < -0.39 is 0 Å². The van der Waals surface area contributed by atoms with Crippen LogP contribution in [0, 0.1) is 0 Å². The Kier molecular flexibility index (Phi) is 11.6. The fraction of sp³-hybridized carbons (Fsp3) is 0. The van der Waals surface area contributed by atoms with Crippen LogP contribution in [-0.4, -0.2) is 25.8 Å². The minimum atomic E-state index is 0.0843. The van der Waals surface area contributed by atoms with Gasteiger partial charge in [0.15, 0.2) is 5.82 Å². The molecule has 0 radical (unpaired) electrons. The van der Waals surface area contributed by atoms with Crippen molar-refractivity contribution in [1.29, 1.82) is 0 Å². The Bertz CT molecular complexity index is 5370. The smallest absolute Gasteiger partial charge is 0.252 e. The van der Waals surface area contributed by atoms with Crippen LogP contribution >= 0.6 is 0 Å². The summed E-state index contributed by atoms with van der Waals surface area (Å²) in [4.78, 5) is 15.6. The molecule has 3 aromatic heterocycles. The van der Waals surface area contributed by atoms with E-state index >= 15 is 0 Å². The molecule has 0 unspecified atom stereocenters. The lowest BCUT2D eigenvalue weighted by molar-refractivity contribution is 1.16. The lowest BCUT2D eigenvalue weighted by atomic mass is 9.33. The summed E-state index contributed by atoms with van der Waals surface area (Å²) >= 11 is 0. The average molecular weight is 1130 g/mol. The fourth-order valence-corrected chi connectivity index (χ4v) is 14.4. The van der Waals surface area contributed by atoms with Gasteiger partial charge in [0.25, 0.3) is 6.71 Å². The van der Waals surface area contributed by atoms with E-state index in [-0.39, 0.29) is 6.71 Å². The maximum absolute atomic E-state index is 5.35. The number of anilines is 6. The quantitative estimate of drug-likeness (QED) is 0.135. The van der Waals surface area contributed by atoms with E-state index in [0.29, 0.717) is 5.82 Å². The molecule has 18 rings (SSSR count). The number of hydrogen-bond acceptors (Lipinski definition) is 4. The Balaban J connectivity index is 0.787. The number of aromatic nitrogens is 4. The van der Waals surface area contributed by atoms with Crippen molar-refractivity contribution in [3.05, 3.63) is 322 Å². The highest BCUT2D eigenvalue weighted by Gasteiger charge is 2.43. The molecule has 13 aromatic carbocycles. The number of hydrogen-bond donors (Lipinski definition) is 0. The summed E-state index contributed by atoms with van der Waals surface area (Å²) in [5.41, 5.74) is 26.9. The van der Waals surface area contributed by atoms with Crippen molar-refractivity contribution >= 4 is 101 Å². The zero-order valence-corrected chi connectivity index (χ0v) is 48.4. The summed E-state index contributed by atoms with van der Waals surface area (Å²) in [5, 5.41) is 4.84. The Morgan fingerprint density at radius 1 is 0.247 bits per heavy atom. The molecule has 2 aliphatic heterocycles. The second-order valence-corrected chi connectivity index (χ2v) is 23.2. The fourth-order valence-electron chi connectivity index (χ4n) is 14.4. The van der Waals surface area contributed by atoms with Crippen LogP contribution in [0.2, 0.25) is 0 Å². The lowest BCUT2D eigenvalue weighted by Gasteiger charge is -2.44. The molecule has 0 aliphatic carbocycles. The number of fused-ring (bicyclic) bond motifs is 10. The highest BCUT2D eigenvalue weighted by atomic mass is 15.2. The summed E-state index contributed by atoms with van der Waals surface area (Å²) in [6, 6.07) is 117. The molecule has 0 fully saturated rings. The summed E-state index contributed by atoms with van der Waals surface area (Å²) in [6.07, 6.45) is 0. The Morgan fingerprint density at radius 3 is 1.27 bits per heavy atom. The van der Waals surface area contributed by atoms with Crippen LogP contribution < -0.4 is 26.2 Å². The molecule has 0 spiro atoms. The molecule has 0 bridgehead atoms. The minimum Gasteiger partial charge on any atom is -0.311 e. The number of rotatable bonds is 9. The topological polar surface area (TPSA) is 42.1 Å².